The van der Waals surface area contributed by atoms with Crippen molar-refractivity contribution in [2.24, 2.45) is 5.92 Å². The van der Waals surface area contributed by atoms with E-state index < -0.39 is 8.07 Å². The largest absolute Gasteiger partial charge is 0.378 e. The first-order valence-electron chi connectivity index (χ1n) is 7.92. The van der Waals surface area contributed by atoms with Gasteiger partial charge in [0.25, 0.3) is 0 Å². The molecule has 0 spiro atoms. The Morgan fingerprint density at radius 2 is 1.67 bits per heavy atom. The van der Waals surface area contributed by atoms with Gasteiger partial charge >= 0.3 is 0 Å². The van der Waals surface area contributed by atoms with Gasteiger partial charge in [-0.05, 0) is 12.8 Å². The van der Waals surface area contributed by atoms with Gasteiger partial charge in [0.05, 0.1) is 21.3 Å². The molecule has 1 aromatic carbocycles. The number of Topliss-reactive ketones (excluding diaryl/α,β-unsaturated/α-hetero) is 1. The number of rotatable bonds is 3. The second kappa shape index (κ2) is 5.67. The molecular formula is C17H25NO2Si. The Bertz CT molecular complexity index is 509. The average Bonchev–Trinajstić information content (AvgIpc) is 2.45. The minimum absolute atomic E-state index is 0.155. The number of nitrogens with one attached hydrogen (secondary N) is 1. The van der Waals surface area contributed by atoms with Gasteiger partial charge in [-0.1, -0.05) is 49.1 Å². The van der Waals surface area contributed by atoms with E-state index in [9.17, 15) is 4.79 Å². The van der Waals surface area contributed by atoms with Crippen molar-refractivity contribution in [3.63, 3.8) is 0 Å². The van der Waals surface area contributed by atoms with Gasteiger partial charge in [-0.25, -0.2) is 0 Å². The summed E-state index contributed by atoms with van der Waals surface area (Å²) >= 11 is 0. The molecule has 2 bridgehead atoms. The summed E-state index contributed by atoms with van der Waals surface area (Å²) in [5.41, 5.74) is 0.878. The number of benzene rings is 1. The standard InChI is InChI=1S/C17H25NO2Si/c1-21(2,3)16-6-4-12(5-7-16)17(19)13-8-14-10-20-11-15(9-13)18-14/h4-7,13-15,18H,8-11H2,1-3H3. The quantitative estimate of drug-likeness (QED) is 0.687. The van der Waals surface area contributed by atoms with Crippen molar-refractivity contribution in [2.45, 2.75) is 44.6 Å². The first-order chi connectivity index (χ1) is 9.93. The molecule has 0 saturated carbocycles. The molecule has 0 radical (unpaired) electrons. The highest BCUT2D eigenvalue weighted by atomic mass is 28.3. The maximum Gasteiger partial charge on any atom is 0.166 e. The van der Waals surface area contributed by atoms with Crippen LogP contribution in [-0.4, -0.2) is 39.2 Å². The molecule has 2 atom stereocenters. The molecule has 0 aromatic heterocycles. The van der Waals surface area contributed by atoms with Crippen molar-refractivity contribution in [1.82, 2.24) is 5.32 Å². The monoisotopic (exact) mass is 303 g/mol. The molecule has 1 aromatic rings. The third-order valence-corrected chi connectivity index (χ3v) is 6.72. The number of carbonyl (C=O) groups excluding carboxylic acids is 1. The van der Waals surface area contributed by atoms with E-state index in [1.165, 1.54) is 5.19 Å². The maximum absolute atomic E-state index is 12.7. The third kappa shape index (κ3) is 3.28. The van der Waals surface area contributed by atoms with Crippen LogP contribution in [0, 0.1) is 5.92 Å². The molecule has 114 valence electrons. The molecule has 2 aliphatic heterocycles. The Hall–Kier alpha value is -0.973. The molecular weight excluding hydrogens is 278 g/mol. The van der Waals surface area contributed by atoms with Gasteiger partial charge in [0, 0.05) is 23.6 Å². The minimum Gasteiger partial charge on any atom is -0.378 e. The van der Waals surface area contributed by atoms with Crippen LogP contribution in [0.4, 0.5) is 0 Å². The van der Waals surface area contributed by atoms with E-state index in [0.29, 0.717) is 17.9 Å². The van der Waals surface area contributed by atoms with Gasteiger partial charge in [0.15, 0.2) is 5.78 Å². The van der Waals surface area contributed by atoms with Crippen molar-refractivity contribution >= 4 is 19.0 Å². The topological polar surface area (TPSA) is 38.3 Å². The van der Waals surface area contributed by atoms with E-state index in [1.807, 2.05) is 12.1 Å². The van der Waals surface area contributed by atoms with E-state index in [0.717, 1.165) is 31.6 Å². The van der Waals surface area contributed by atoms with Crippen LogP contribution in [0.3, 0.4) is 0 Å². The molecule has 4 heteroatoms. The number of carbonyl (C=O) groups is 1. The van der Waals surface area contributed by atoms with Gasteiger partial charge in [0.2, 0.25) is 0 Å². The van der Waals surface area contributed by atoms with Crippen LogP contribution in [0.1, 0.15) is 23.2 Å². The second-order valence-corrected chi connectivity index (χ2v) is 12.5. The molecule has 21 heavy (non-hydrogen) atoms. The normalized spacial score (nSPS) is 29.2. The summed E-state index contributed by atoms with van der Waals surface area (Å²) < 4.78 is 5.55. The van der Waals surface area contributed by atoms with Crippen LogP contribution in [0.15, 0.2) is 24.3 Å². The lowest BCUT2D eigenvalue weighted by Gasteiger charge is -2.39. The Kier molecular flexibility index (Phi) is 4.03. The second-order valence-electron chi connectivity index (χ2n) is 7.46. The summed E-state index contributed by atoms with van der Waals surface area (Å²) in [6, 6.07) is 9.09. The first-order valence-corrected chi connectivity index (χ1v) is 11.4. The molecule has 0 aliphatic carbocycles. The summed E-state index contributed by atoms with van der Waals surface area (Å²) in [4.78, 5) is 12.7. The Morgan fingerprint density at radius 1 is 1.10 bits per heavy atom. The fourth-order valence-electron chi connectivity index (χ4n) is 3.42. The maximum atomic E-state index is 12.7. The molecule has 2 unspecified atom stereocenters. The van der Waals surface area contributed by atoms with Crippen molar-refractivity contribution in [3.05, 3.63) is 29.8 Å². The Morgan fingerprint density at radius 3 is 2.19 bits per heavy atom. The number of ether oxygens (including phenoxy) is 1. The van der Waals surface area contributed by atoms with E-state index >= 15 is 0 Å². The summed E-state index contributed by atoms with van der Waals surface area (Å²) in [6.45, 7) is 8.48. The van der Waals surface area contributed by atoms with Gasteiger partial charge in [-0.15, -0.1) is 0 Å². The Balaban J connectivity index is 1.73. The molecule has 2 aliphatic rings. The van der Waals surface area contributed by atoms with Crippen LogP contribution in [-0.2, 0) is 4.74 Å². The highest BCUT2D eigenvalue weighted by molar-refractivity contribution is 6.88. The average molecular weight is 303 g/mol. The van der Waals surface area contributed by atoms with Crippen LogP contribution in [0.25, 0.3) is 0 Å². The molecule has 0 amide bonds. The van der Waals surface area contributed by atoms with Gasteiger partial charge < -0.3 is 10.1 Å². The predicted octanol–water partition coefficient (Wildman–Crippen LogP) is 2.18. The lowest BCUT2D eigenvalue weighted by molar-refractivity contribution is 0.00953. The zero-order valence-electron chi connectivity index (χ0n) is 13.2. The summed E-state index contributed by atoms with van der Waals surface area (Å²) in [5, 5.41) is 4.96. The zero-order chi connectivity index (χ0) is 15.0. The predicted molar refractivity (Wildman–Crippen MR) is 88.0 cm³/mol. The van der Waals surface area contributed by atoms with Crippen molar-refractivity contribution in [3.8, 4) is 0 Å². The highest BCUT2D eigenvalue weighted by Gasteiger charge is 2.35. The van der Waals surface area contributed by atoms with E-state index in [-0.39, 0.29) is 5.92 Å². The summed E-state index contributed by atoms with van der Waals surface area (Å²) in [7, 11) is -1.29. The van der Waals surface area contributed by atoms with Crippen LogP contribution >= 0.6 is 0 Å². The van der Waals surface area contributed by atoms with Crippen LogP contribution < -0.4 is 10.5 Å². The van der Waals surface area contributed by atoms with Crippen LogP contribution in [0.2, 0.25) is 19.6 Å². The summed E-state index contributed by atoms with van der Waals surface area (Å²) in [5.74, 6) is 0.471. The third-order valence-electron chi connectivity index (χ3n) is 4.65. The van der Waals surface area contributed by atoms with Gasteiger partial charge in [-0.2, -0.15) is 0 Å². The van der Waals surface area contributed by atoms with Crippen molar-refractivity contribution < 1.29 is 9.53 Å². The first kappa shape index (κ1) is 14.9. The van der Waals surface area contributed by atoms with Crippen LogP contribution in [0.5, 0.6) is 0 Å². The van der Waals surface area contributed by atoms with Gasteiger partial charge in [0.1, 0.15) is 0 Å². The fraction of sp³-hybridized carbons (Fsp3) is 0.588. The SMILES string of the molecule is C[Si](C)(C)c1ccc(C(=O)C2CC3COCC(C2)N3)cc1. The Labute approximate surface area is 128 Å². The molecule has 2 fully saturated rings. The molecule has 2 saturated heterocycles. The number of hydrogen-bond donors (Lipinski definition) is 1. The van der Waals surface area contributed by atoms with Crippen molar-refractivity contribution in [1.29, 1.82) is 0 Å². The lowest BCUT2D eigenvalue weighted by atomic mass is 9.82. The number of fused-ring (bicyclic) bond motifs is 2. The number of piperidine rings is 1. The molecule has 2 heterocycles. The molecule has 3 rings (SSSR count). The number of ketones is 1. The van der Waals surface area contributed by atoms with E-state index in [4.69, 9.17) is 4.74 Å². The van der Waals surface area contributed by atoms with Gasteiger partial charge in [-0.3, -0.25) is 4.79 Å². The number of hydrogen-bond acceptors (Lipinski definition) is 3. The van der Waals surface area contributed by atoms with E-state index in [2.05, 4.69) is 37.1 Å². The minimum atomic E-state index is -1.29. The molecule has 1 N–H and O–H groups in total. The van der Waals surface area contributed by atoms with E-state index in [1.54, 1.807) is 0 Å². The zero-order valence-corrected chi connectivity index (χ0v) is 14.2. The fourth-order valence-corrected chi connectivity index (χ4v) is 4.59. The molecule has 3 nitrogen and oxygen atoms in total. The highest BCUT2D eigenvalue weighted by Crippen LogP contribution is 2.27. The summed E-state index contributed by atoms with van der Waals surface area (Å²) in [6.07, 6.45) is 1.82. The number of morpholine rings is 1. The smallest absolute Gasteiger partial charge is 0.166 e. The van der Waals surface area contributed by atoms with Crippen molar-refractivity contribution in [2.75, 3.05) is 13.2 Å². The lowest BCUT2D eigenvalue weighted by Crippen LogP contribution is -2.55.